The van der Waals surface area contributed by atoms with Gasteiger partial charge in [0, 0.05) is 13.2 Å². The zero-order valence-corrected chi connectivity index (χ0v) is 12.0. The van der Waals surface area contributed by atoms with Crippen LogP contribution in [-0.4, -0.2) is 37.6 Å². The fourth-order valence-corrected chi connectivity index (χ4v) is 2.18. The molecule has 0 aliphatic carbocycles. The van der Waals surface area contributed by atoms with Gasteiger partial charge in [0.05, 0.1) is 12.2 Å². The first-order chi connectivity index (χ1) is 8.64. The first-order valence-corrected chi connectivity index (χ1v) is 6.28. The molecule has 0 spiro atoms. The van der Waals surface area contributed by atoms with Crippen molar-refractivity contribution in [2.45, 2.75) is 45.3 Å². The number of hydrogen-bond acceptors (Lipinski definition) is 3. The van der Waals surface area contributed by atoms with Crippen molar-refractivity contribution in [3.8, 4) is 0 Å². The molecule has 1 N–H and O–H groups in total. The van der Waals surface area contributed by atoms with Crippen LogP contribution in [0.4, 0.5) is 0 Å². The molecule has 2 amide bonds. The van der Waals surface area contributed by atoms with E-state index in [1.165, 1.54) is 0 Å². The van der Waals surface area contributed by atoms with Crippen LogP contribution in [0.25, 0.3) is 0 Å². The monoisotopic (exact) mass is 264 g/mol. The Morgan fingerprint density at radius 3 is 2.42 bits per heavy atom. The van der Waals surface area contributed by atoms with Gasteiger partial charge in [0.1, 0.15) is 11.1 Å². The van der Waals surface area contributed by atoms with Gasteiger partial charge in [0.2, 0.25) is 11.8 Å². The molecule has 1 saturated heterocycles. The predicted octanol–water partition coefficient (Wildman–Crippen LogP) is 0.436. The van der Waals surface area contributed by atoms with E-state index in [9.17, 15) is 9.59 Å². The van der Waals surface area contributed by atoms with Crippen LogP contribution in [0.1, 0.15) is 33.4 Å². The highest BCUT2D eigenvalue weighted by molar-refractivity contribution is 6.01. The molecule has 0 atom stereocenters. The van der Waals surface area contributed by atoms with Crippen molar-refractivity contribution in [3.63, 3.8) is 0 Å². The Bertz CT molecular complexity index is 531. The van der Waals surface area contributed by atoms with Crippen molar-refractivity contribution in [3.05, 3.63) is 18.0 Å². The number of nitrogens with zero attached hydrogens (tertiary/aromatic N) is 3. The lowest BCUT2D eigenvalue weighted by Crippen LogP contribution is -2.71. The van der Waals surface area contributed by atoms with Gasteiger partial charge >= 0.3 is 0 Å². The van der Waals surface area contributed by atoms with Crippen LogP contribution in [-0.2, 0) is 23.2 Å². The minimum Gasteiger partial charge on any atom is -0.340 e. The van der Waals surface area contributed by atoms with Crippen LogP contribution >= 0.6 is 0 Å². The van der Waals surface area contributed by atoms with E-state index in [1.807, 2.05) is 19.3 Å². The van der Waals surface area contributed by atoms with E-state index in [0.29, 0.717) is 6.54 Å². The van der Waals surface area contributed by atoms with Gasteiger partial charge in [-0.1, -0.05) is 0 Å². The average Bonchev–Trinajstić information content (AvgIpc) is 2.68. The lowest BCUT2D eigenvalue weighted by Gasteiger charge is -2.47. The second-order valence-corrected chi connectivity index (χ2v) is 6.01. The van der Waals surface area contributed by atoms with E-state index in [4.69, 9.17) is 0 Å². The minimum absolute atomic E-state index is 0.0947. The summed E-state index contributed by atoms with van der Waals surface area (Å²) in [5.74, 6) is -0.240. The van der Waals surface area contributed by atoms with E-state index in [1.54, 1.807) is 37.3 Å². The van der Waals surface area contributed by atoms with E-state index in [2.05, 4.69) is 10.4 Å². The Hall–Kier alpha value is -1.85. The first-order valence-electron chi connectivity index (χ1n) is 6.28. The number of amides is 2. The quantitative estimate of drug-likeness (QED) is 0.842. The lowest BCUT2D eigenvalue weighted by molar-refractivity contribution is -0.160. The van der Waals surface area contributed by atoms with E-state index >= 15 is 0 Å². The number of carbonyl (C=O) groups excluding carboxylic acids is 2. The maximum atomic E-state index is 12.5. The van der Waals surface area contributed by atoms with Gasteiger partial charge in [-0.2, -0.15) is 5.10 Å². The molecule has 6 heteroatoms. The third-order valence-electron chi connectivity index (χ3n) is 3.53. The number of aromatic nitrogens is 2. The zero-order chi connectivity index (χ0) is 14.4. The molecule has 1 aromatic heterocycles. The second kappa shape index (κ2) is 4.08. The normalized spacial score (nSPS) is 21.4. The van der Waals surface area contributed by atoms with E-state index in [0.717, 1.165) is 5.69 Å². The Kier molecular flexibility index (Phi) is 2.91. The highest BCUT2D eigenvalue weighted by atomic mass is 16.2. The maximum Gasteiger partial charge on any atom is 0.248 e. The molecular weight excluding hydrogens is 244 g/mol. The molecule has 2 heterocycles. The largest absolute Gasteiger partial charge is 0.340 e. The average molecular weight is 264 g/mol. The first kappa shape index (κ1) is 13.6. The van der Waals surface area contributed by atoms with Gasteiger partial charge < -0.3 is 10.2 Å². The molecule has 1 aliphatic heterocycles. The lowest BCUT2D eigenvalue weighted by atomic mass is 9.89. The van der Waals surface area contributed by atoms with Crippen molar-refractivity contribution in [1.82, 2.24) is 20.0 Å². The number of rotatable bonds is 2. The Morgan fingerprint density at radius 1 is 1.26 bits per heavy atom. The Morgan fingerprint density at radius 2 is 1.89 bits per heavy atom. The summed E-state index contributed by atoms with van der Waals surface area (Å²) >= 11 is 0. The minimum atomic E-state index is -0.874. The molecule has 2 rings (SSSR count). The predicted molar refractivity (Wildman–Crippen MR) is 70.1 cm³/mol. The number of nitrogens with one attached hydrogen (secondary N) is 1. The number of hydrogen-bond donors (Lipinski definition) is 1. The van der Waals surface area contributed by atoms with Crippen molar-refractivity contribution >= 4 is 11.8 Å². The molecular formula is C13H20N4O2. The van der Waals surface area contributed by atoms with Gasteiger partial charge in [-0.3, -0.25) is 14.3 Å². The van der Waals surface area contributed by atoms with Crippen molar-refractivity contribution < 1.29 is 9.59 Å². The van der Waals surface area contributed by atoms with Crippen molar-refractivity contribution in [2.75, 3.05) is 0 Å². The van der Waals surface area contributed by atoms with E-state index < -0.39 is 11.1 Å². The second-order valence-electron chi connectivity index (χ2n) is 6.01. The molecule has 0 saturated carbocycles. The van der Waals surface area contributed by atoms with Crippen molar-refractivity contribution in [1.29, 1.82) is 0 Å². The van der Waals surface area contributed by atoms with Gasteiger partial charge in [0.25, 0.3) is 0 Å². The topological polar surface area (TPSA) is 67.2 Å². The summed E-state index contributed by atoms with van der Waals surface area (Å²) in [5.41, 5.74) is -0.972. The van der Waals surface area contributed by atoms with Gasteiger partial charge in [0.15, 0.2) is 0 Å². The van der Waals surface area contributed by atoms with Crippen molar-refractivity contribution in [2.24, 2.45) is 7.05 Å². The van der Waals surface area contributed by atoms with Crippen LogP contribution < -0.4 is 5.32 Å². The summed E-state index contributed by atoms with van der Waals surface area (Å²) in [6, 6.07) is 1.85. The third kappa shape index (κ3) is 2.22. The Balaban J connectivity index is 2.33. The summed E-state index contributed by atoms with van der Waals surface area (Å²) in [7, 11) is 1.82. The molecule has 6 nitrogen and oxygen atoms in total. The molecule has 1 fully saturated rings. The van der Waals surface area contributed by atoms with Crippen LogP contribution in [0.2, 0.25) is 0 Å². The molecule has 0 bridgehead atoms. The van der Waals surface area contributed by atoms with Crippen LogP contribution in [0, 0.1) is 0 Å². The number of carbonyl (C=O) groups is 2. The summed E-state index contributed by atoms with van der Waals surface area (Å²) in [6.07, 6.45) is 1.82. The number of aryl methyl sites for hydroxylation is 1. The zero-order valence-electron chi connectivity index (χ0n) is 12.0. The summed E-state index contributed by atoms with van der Waals surface area (Å²) in [4.78, 5) is 26.2. The molecule has 0 unspecified atom stereocenters. The molecule has 0 aromatic carbocycles. The maximum absolute atomic E-state index is 12.5. The van der Waals surface area contributed by atoms with Gasteiger partial charge in [-0.25, -0.2) is 0 Å². The highest BCUT2D eigenvalue weighted by Gasteiger charge is 2.50. The Labute approximate surface area is 112 Å². The van der Waals surface area contributed by atoms with Crippen LogP contribution in [0.15, 0.2) is 12.3 Å². The fraction of sp³-hybridized carbons (Fsp3) is 0.615. The third-order valence-corrected chi connectivity index (χ3v) is 3.53. The van der Waals surface area contributed by atoms with Gasteiger partial charge in [-0.05, 0) is 33.8 Å². The summed E-state index contributed by atoms with van der Waals surface area (Å²) < 4.78 is 1.68. The highest BCUT2D eigenvalue weighted by Crippen LogP contribution is 2.27. The molecule has 0 radical (unpaired) electrons. The molecule has 104 valence electrons. The fourth-order valence-electron chi connectivity index (χ4n) is 2.18. The summed E-state index contributed by atoms with van der Waals surface area (Å²) in [5, 5.41) is 7.03. The summed E-state index contributed by atoms with van der Waals surface area (Å²) in [6.45, 7) is 7.27. The molecule has 1 aliphatic rings. The van der Waals surface area contributed by atoms with E-state index in [-0.39, 0.29) is 11.8 Å². The standard InChI is InChI=1S/C13H20N4O2/c1-12(2)11(19)17(13(3,4)10(18)14-12)8-9-6-7-16(5)15-9/h6-7H,8H2,1-5H3,(H,14,18). The SMILES string of the molecule is Cn1ccc(CN2C(=O)C(C)(C)NC(=O)C2(C)C)n1. The number of piperazine rings is 1. The van der Waals surface area contributed by atoms with Crippen LogP contribution in [0.3, 0.4) is 0 Å². The molecule has 19 heavy (non-hydrogen) atoms. The van der Waals surface area contributed by atoms with Crippen LogP contribution in [0.5, 0.6) is 0 Å². The molecule has 1 aromatic rings. The van der Waals surface area contributed by atoms with Gasteiger partial charge in [-0.15, -0.1) is 0 Å². The smallest absolute Gasteiger partial charge is 0.248 e.